The van der Waals surface area contributed by atoms with E-state index in [1.54, 1.807) is 0 Å². The van der Waals surface area contributed by atoms with Crippen LogP contribution in [0.15, 0.2) is 11.6 Å². The molecule has 1 rings (SSSR count). The summed E-state index contributed by atoms with van der Waals surface area (Å²) in [4.78, 5) is 22.4. The Labute approximate surface area is 103 Å². The number of esters is 1. The van der Waals surface area contributed by atoms with Crippen molar-refractivity contribution in [1.82, 2.24) is 0 Å². The molecule has 0 amide bonds. The highest BCUT2D eigenvalue weighted by Crippen LogP contribution is 2.35. The van der Waals surface area contributed by atoms with Crippen molar-refractivity contribution in [3.8, 4) is 0 Å². The van der Waals surface area contributed by atoms with Crippen LogP contribution in [0, 0.1) is 0 Å². The molecule has 4 heteroatoms. The minimum atomic E-state index is -0.449. The first-order chi connectivity index (χ1) is 7.12. The quantitative estimate of drug-likeness (QED) is 0.347. The van der Waals surface area contributed by atoms with Crippen LogP contribution in [0.3, 0.4) is 0 Å². The number of rotatable bonds is 3. The van der Waals surface area contributed by atoms with Gasteiger partial charge in [-0.2, -0.15) is 0 Å². The number of alkyl halides is 1. The van der Waals surface area contributed by atoms with Crippen LogP contribution in [0.25, 0.3) is 0 Å². The van der Waals surface area contributed by atoms with E-state index in [-0.39, 0.29) is 5.97 Å². The van der Waals surface area contributed by atoms with E-state index in [0.29, 0.717) is 19.4 Å². The van der Waals surface area contributed by atoms with Crippen LogP contribution in [0.4, 0.5) is 0 Å². The first-order valence-electron chi connectivity index (χ1n) is 5.12. The number of hydrogen-bond acceptors (Lipinski definition) is 3. The van der Waals surface area contributed by atoms with E-state index in [9.17, 15) is 9.59 Å². The number of allylic oxidation sites excluding steroid dienone is 2. The minimum Gasteiger partial charge on any atom is -0.465 e. The summed E-state index contributed by atoms with van der Waals surface area (Å²) < 4.78 is 4.60. The van der Waals surface area contributed by atoms with Crippen molar-refractivity contribution >= 4 is 34.8 Å². The van der Waals surface area contributed by atoms with Gasteiger partial charge in [-0.1, -0.05) is 28.7 Å². The van der Waals surface area contributed by atoms with Crippen LogP contribution in [-0.4, -0.2) is 22.3 Å². The van der Waals surface area contributed by atoms with Crippen molar-refractivity contribution in [3.05, 3.63) is 11.6 Å². The van der Waals surface area contributed by atoms with Gasteiger partial charge >= 0.3 is 5.97 Å². The second-order valence-electron chi connectivity index (χ2n) is 3.62. The van der Waals surface area contributed by atoms with E-state index in [1.165, 1.54) is 0 Å². The Hall–Kier alpha value is -0.390. The average molecular weight is 322 g/mol. The van der Waals surface area contributed by atoms with Gasteiger partial charge in [0.2, 0.25) is 0 Å². The van der Waals surface area contributed by atoms with Gasteiger partial charge in [-0.25, -0.2) is 0 Å². The molecule has 0 saturated carbocycles. The van der Waals surface area contributed by atoms with E-state index < -0.39 is 3.42 Å². The maximum absolute atomic E-state index is 11.7. The number of carbonyl (C=O) groups excluding carboxylic acids is 2. The molecule has 1 unspecified atom stereocenters. The van der Waals surface area contributed by atoms with Crippen molar-refractivity contribution in [2.75, 3.05) is 6.61 Å². The molecular formula is C11H15IO3. The molecule has 0 aromatic rings. The summed E-state index contributed by atoms with van der Waals surface area (Å²) in [5, 5.41) is 0. The summed E-state index contributed by atoms with van der Waals surface area (Å²) in [6.45, 7) is 2.22. The van der Waals surface area contributed by atoms with Crippen molar-refractivity contribution < 1.29 is 14.3 Å². The van der Waals surface area contributed by atoms with Crippen LogP contribution in [-0.2, 0) is 14.3 Å². The highest BCUT2D eigenvalue weighted by Gasteiger charge is 2.37. The molecule has 0 radical (unpaired) electrons. The second-order valence-corrected chi connectivity index (χ2v) is 5.69. The predicted octanol–water partition coefficient (Wildman–Crippen LogP) is 2.42. The zero-order valence-corrected chi connectivity index (χ0v) is 11.0. The molecule has 84 valence electrons. The van der Waals surface area contributed by atoms with Gasteiger partial charge in [0.15, 0.2) is 0 Å². The molecule has 3 nitrogen and oxygen atoms in total. The molecule has 0 bridgehead atoms. The van der Waals surface area contributed by atoms with Crippen LogP contribution in [0.2, 0.25) is 0 Å². The fourth-order valence-electron chi connectivity index (χ4n) is 1.63. The van der Waals surface area contributed by atoms with Crippen molar-refractivity contribution in [2.24, 2.45) is 0 Å². The lowest BCUT2D eigenvalue weighted by Gasteiger charge is -2.23. The molecule has 1 aliphatic carbocycles. The van der Waals surface area contributed by atoms with Crippen LogP contribution in [0.5, 0.6) is 0 Å². The standard InChI is InChI=1S/C11H15IO3/c1-2-15-10(14)11(12)6-3-4-9(8-13)5-7-11/h4,8H,2-3,5-7H2,1H3. The maximum atomic E-state index is 11.7. The largest absolute Gasteiger partial charge is 0.465 e. The fourth-order valence-corrected chi connectivity index (χ4v) is 2.36. The van der Waals surface area contributed by atoms with Crippen LogP contribution in [0.1, 0.15) is 32.6 Å². The molecule has 0 aromatic heterocycles. The Kier molecular flexibility index (Phi) is 4.76. The number of ether oxygens (including phenoxy) is 1. The molecule has 15 heavy (non-hydrogen) atoms. The minimum absolute atomic E-state index is 0.147. The van der Waals surface area contributed by atoms with Crippen molar-refractivity contribution in [1.29, 1.82) is 0 Å². The normalized spacial score (nSPS) is 26.4. The van der Waals surface area contributed by atoms with Gasteiger partial charge in [0.05, 0.1) is 6.61 Å². The summed E-state index contributed by atoms with van der Waals surface area (Å²) in [6, 6.07) is 0. The summed E-state index contributed by atoms with van der Waals surface area (Å²) in [6.07, 6.45) is 5.70. The third-order valence-corrected chi connectivity index (χ3v) is 4.07. The van der Waals surface area contributed by atoms with E-state index in [1.807, 2.05) is 13.0 Å². The molecular weight excluding hydrogens is 307 g/mol. The molecule has 0 N–H and O–H groups in total. The highest BCUT2D eigenvalue weighted by molar-refractivity contribution is 14.1. The molecule has 1 aliphatic rings. The Morgan fingerprint density at radius 2 is 2.40 bits per heavy atom. The monoisotopic (exact) mass is 322 g/mol. The highest BCUT2D eigenvalue weighted by atomic mass is 127. The van der Waals surface area contributed by atoms with Crippen LogP contribution < -0.4 is 0 Å². The van der Waals surface area contributed by atoms with Gasteiger partial charge in [0, 0.05) is 0 Å². The molecule has 0 heterocycles. The maximum Gasteiger partial charge on any atom is 0.322 e. The summed E-state index contributed by atoms with van der Waals surface area (Å²) in [5.74, 6) is -0.147. The van der Waals surface area contributed by atoms with Gasteiger partial charge < -0.3 is 4.74 Å². The molecule has 1 atom stereocenters. The lowest BCUT2D eigenvalue weighted by atomic mass is 9.99. The number of hydrogen-bond donors (Lipinski definition) is 0. The van der Waals surface area contributed by atoms with Gasteiger partial charge in [0.25, 0.3) is 0 Å². The lowest BCUT2D eigenvalue weighted by Crippen LogP contribution is -2.33. The van der Waals surface area contributed by atoms with E-state index in [2.05, 4.69) is 22.6 Å². The Morgan fingerprint density at radius 1 is 1.67 bits per heavy atom. The van der Waals surface area contributed by atoms with Gasteiger partial charge in [-0.05, 0) is 38.2 Å². The van der Waals surface area contributed by atoms with Gasteiger partial charge in [0.1, 0.15) is 9.71 Å². The molecule has 0 aliphatic heterocycles. The van der Waals surface area contributed by atoms with E-state index in [0.717, 1.165) is 24.7 Å². The smallest absolute Gasteiger partial charge is 0.322 e. The Balaban J connectivity index is 2.65. The summed E-state index contributed by atoms with van der Waals surface area (Å²) >= 11 is 2.17. The second kappa shape index (κ2) is 5.63. The third-order valence-electron chi connectivity index (χ3n) is 2.55. The van der Waals surface area contributed by atoms with E-state index in [4.69, 9.17) is 4.74 Å². The lowest BCUT2D eigenvalue weighted by molar-refractivity contribution is -0.145. The van der Waals surface area contributed by atoms with Crippen molar-refractivity contribution in [2.45, 2.75) is 36.0 Å². The third kappa shape index (κ3) is 3.29. The zero-order valence-electron chi connectivity index (χ0n) is 8.79. The number of aldehydes is 1. The van der Waals surface area contributed by atoms with Gasteiger partial charge in [-0.3, -0.25) is 9.59 Å². The molecule has 0 aromatic carbocycles. The fraction of sp³-hybridized carbons (Fsp3) is 0.636. The predicted molar refractivity (Wildman–Crippen MR) is 66.0 cm³/mol. The average Bonchev–Trinajstić information content (AvgIpc) is 2.41. The summed E-state index contributed by atoms with van der Waals surface area (Å²) in [7, 11) is 0. The first-order valence-corrected chi connectivity index (χ1v) is 6.20. The Morgan fingerprint density at radius 3 is 3.00 bits per heavy atom. The number of halogens is 1. The topological polar surface area (TPSA) is 43.4 Å². The van der Waals surface area contributed by atoms with Crippen LogP contribution >= 0.6 is 22.6 Å². The molecule has 0 saturated heterocycles. The van der Waals surface area contributed by atoms with Crippen molar-refractivity contribution in [3.63, 3.8) is 0 Å². The number of carbonyl (C=O) groups is 2. The summed E-state index contributed by atoms with van der Waals surface area (Å²) in [5.41, 5.74) is 0.804. The SMILES string of the molecule is CCOC(=O)C1(I)CCC=C(C=O)CC1. The molecule has 0 fully saturated rings. The first kappa shape index (κ1) is 12.7. The Bertz CT molecular complexity index is 286. The van der Waals surface area contributed by atoms with Gasteiger partial charge in [-0.15, -0.1) is 0 Å². The molecule has 0 spiro atoms. The zero-order chi connectivity index (χ0) is 11.3. The van der Waals surface area contributed by atoms with E-state index >= 15 is 0 Å².